The summed E-state index contributed by atoms with van der Waals surface area (Å²) in [6.07, 6.45) is 0.289. The molecule has 136 valence electrons. The molecule has 0 aliphatic carbocycles. The zero-order valence-corrected chi connectivity index (χ0v) is 14.3. The molecular weight excluding hydrogens is 344 g/mol. The van der Waals surface area contributed by atoms with Crippen LogP contribution >= 0.6 is 0 Å². The van der Waals surface area contributed by atoms with Gasteiger partial charge >= 0.3 is 5.97 Å². The second kappa shape index (κ2) is 6.74. The number of hydrogen-bond acceptors (Lipinski definition) is 9. The summed E-state index contributed by atoms with van der Waals surface area (Å²) in [5.74, 6) is 0.698. The number of anilines is 1. The van der Waals surface area contributed by atoms with Crippen LogP contribution in [0, 0.1) is 10.1 Å². The van der Waals surface area contributed by atoms with Crippen molar-refractivity contribution in [3.63, 3.8) is 0 Å². The van der Waals surface area contributed by atoms with Crippen molar-refractivity contribution in [1.29, 1.82) is 0 Å². The third-order valence-corrected chi connectivity index (χ3v) is 3.48. The van der Waals surface area contributed by atoms with Crippen molar-refractivity contribution in [2.75, 3.05) is 25.5 Å². The Morgan fingerprint density at radius 1 is 1.42 bits per heavy atom. The van der Waals surface area contributed by atoms with Crippen molar-refractivity contribution in [1.82, 2.24) is 29.8 Å². The lowest BCUT2D eigenvalue weighted by atomic mass is 10.3. The van der Waals surface area contributed by atoms with E-state index in [9.17, 15) is 14.9 Å². The molecule has 3 aromatic heterocycles. The Hall–Kier alpha value is -3.57. The number of aromatic nitrogens is 6. The molecule has 0 aliphatic heterocycles. The van der Waals surface area contributed by atoms with Gasteiger partial charge in [-0.1, -0.05) is 0 Å². The molecule has 0 amide bonds. The summed E-state index contributed by atoms with van der Waals surface area (Å²) in [6, 6.07) is 3.56. The highest BCUT2D eigenvalue weighted by Gasteiger charge is 2.24. The quantitative estimate of drug-likeness (QED) is 0.376. The van der Waals surface area contributed by atoms with Gasteiger partial charge in [0.15, 0.2) is 11.5 Å². The summed E-state index contributed by atoms with van der Waals surface area (Å²) in [5.41, 5.74) is 0.804. The molecule has 0 saturated carbocycles. The van der Waals surface area contributed by atoms with Crippen molar-refractivity contribution in [3.8, 4) is 11.6 Å². The number of hydrogen-bond donors (Lipinski definition) is 1. The predicted octanol–water partition coefficient (Wildman–Crippen LogP) is 0.461. The van der Waals surface area contributed by atoms with Gasteiger partial charge in [-0.25, -0.2) is 4.98 Å². The molecule has 0 radical (unpaired) electrons. The summed E-state index contributed by atoms with van der Waals surface area (Å²) in [6.45, 7) is 0.605. The highest BCUT2D eigenvalue weighted by atomic mass is 16.6. The highest BCUT2D eigenvalue weighted by molar-refractivity contribution is 5.66. The first-order chi connectivity index (χ1) is 12.3. The molecule has 0 aliphatic rings. The topological polar surface area (TPSA) is 144 Å². The third-order valence-electron chi connectivity index (χ3n) is 3.48. The zero-order chi connectivity index (χ0) is 18.8. The fourth-order valence-electron chi connectivity index (χ4n) is 2.31. The number of rotatable bonds is 6. The van der Waals surface area contributed by atoms with Crippen LogP contribution in [0.25, 0.3) is 17.3 Å². The van der Waals surface area contributed by atoms with Crippen LogP contribution in [0.1, 0.15) is 18.7 Å². The number of aromatic amines is 1. The largest absolute Gasteiger partial charge is 0.449 e. The number of fused-ring (bicyclic) bond motifs is 1. The minimum Gasteiger partial charge on any atom is -0.449 e. The van der Waals surface area contributed by atoms with Crippen molar-refractivity contribution in [3.05, 3.63) is 34.1 Å². The number of H-pyrrole nitrogens is 1. The van der Waals surface area contributed by atoms with Crippen LogP contribution in [-0.2, 0) is 9.53 Å². The van der Waals surface area contributed by atoms with E-state index >= 15 is 0 Å². The van der Waals surface area contributed by atoms with Crippen LogP contribution in [0.3, 0.4) is 0 Å². The van der Waals surface area contributed by atoms with E-state index in [1.807, 2.05) is 19.0 Å². The monoisotopic (exact) mass is 360 g/mol. The molecule has 1 N–H and O–H groups in total. The van der Waals surface area contributed by atoms with Gasteiger partial charge in [0.05, 0.1) is 11.9 Å². The molecule has 3 aromatic rings. The van der Waals surface area contributed by atoms with Crippen LogP contribution in [0.5, 0.6) is 0 Å². The van der Waals surface area contributed by atoms with Crippen LogP contribution in [0.15, 0.2) is 18.3 Å². The summed E-state index contributed by atoms with van der Waals surface area (Å²) in [4.78, 5) is 30.3. The average molecular weight is 360 g/mol. The summed E-state index contributed by atoms with van der Waals surface area (Å²) >= 11 is 0. The maximum atomic E-state index is 11.2. The molecule has 0 spiro atoms. The molecular formula is C14H16N8O4. The lowest BCUT2D eigenvalue weighted by molar-refractivity contribution is -0.491. The van der Waals surface area contributed by atoms with Crippen molar-refractivity contribution in [2.45, 2.75) is 13.0 Å². The highest BCUT2D eigenvalue weighted by Crippen LogP contribution is 2.21. The van der Waals surface area contributed by atoms with Crippen molar-refractivity contribution in [2.24, 2.45) is 0 Å². The lowest BCUT2D eigenvalue weighted by Gasteiger charge is -2.11. The van der Waals surface area contributed by atoms with Crippen LogP contribution < -0.4 is 4.90 Å². The number of carbonyl (C=O) groups is 1. The van der Waals surface area contributed by atoms with Crippen LogP contribution in [0.2, 0.25) is 0 Å². The SMILES string of the molecule is CC(=O)OC(C[N+](=O)[O-])c1cnc(-c2nnc3ccc(N(C)C)nn23)[nH]1. The van der Waals surface area contributed by atoms with Gasteiger partial charge < -0.3 is 14.6 Å². The van der Waals surface area contributed by atoms with Gasteiger partial charge in [0.2, 0.25) is 18.5 Å². The van der Waals surface area contributed by atoms with Gasteiger partial charge in [-0.15, -0.1) is 15.3 Å². The number of carbonyl (C=O) groups excluding carboxylic acids is 1. The van der Waals surface area contributed by atoms with E-state index in [0.29, 0.717) is 23.1 Å². The van der Waals surface area contributed by atoms with Gasteiger partial charge in [0, 0.05) is 25.9 Å². The van der Waals surface area contributed by atoms with E-state index in [-0.39, 0.29) is 5.69 Å². The molecule has 12 nitrogen and oxygen atoms in total. The molecule has 1 unspecified atom stereocenters. The minimum atomic E-state index is -1.08. The van der Waals surface area contributed by atoms with Crippen LogP contribution in [0.4, 0.5) is 5.82 Å². The molecule has 26 heavy (non-hydrogen) atoms. The summed E-state index contributed by atoms with van der Waals surface area (Å²) in [7, 11) is 3.70. The zero-order valence-electron chi connectivity index (χ0n) is 14.3. The Morgan fingerprint density at radius 3 is 2.85 bits per heavy atom. The van der Waals surface area contributed by atoms with E-state index in [1.54, 1.807) is 12.1 Å². The Labute approximate surface area is 147 Å². The fraction of sp³-hybridized carbons (Fsp3) is 0.357. The molecule has 0 bridgehead atoms. The maximum Gasteiger partial charge on any atom is 0.303 e. The maximum absolute atomic E-state index is 11.2. The summed E-state index contributed by atoms with van der Waals surface area (Å²) in [5, 5.41) is 23.3. The standard InChI is InChI=1S/C14H16N8O4/c1-8(23)26-10(7-21(24)25)9-6-15-13(16-9)14-18-17-11-4-5-12(20(2)3)19-22(11)14/h4-6,10H,7H2,1-3H3,(H,15,16). The molecule has 12 heteroatoms. The first kappa shape index (κ1) is 17.3. The van der Waals surface area contributed by atoms with Gasteiger partial charge in [0.1, 0.15) is 5.82 Å². The number of imidazole rings is 1. The van der Waals surface area contributed by atoms with E-state index in [0.717, 1.165) is 0 Å². The molecule has 3 heterocycles. The number of esters is 1. The molecule has 1 atom stereocenters. The summed E-state index contributed by atoms with van der Waals surface area (Å²) < 4.78 is 6.51. The second-order valence-corrected chi connectivity index (χ2v) is 5.68. The fourth-order valence-corrected chi connectivity index (χ4v) is 2.31. The number of nitro groups is 1. The minimum absolute atomic E-state index is 0.285. The van der Waals surface area contributed by atoms with E-state index in [2.05, 4.69) is 25.3 Å². The predicted molar refractivity (Wildman–Crippen MR) is 89.1 cm³/mol. The van der Waals surface area contributed by atoms with Gasteiger partial charge in [-0.2, -0.15) is 4.52 Å². The number of nitrogens with one attached hydrogen (secondary N) is 1. The van der Waals surface area contributed by atoms with E-state index < -0.39 is 23.5 Å². The van der Waals surface area contributed by atoms with Crippen molar-refractivity contribution < 1.29 is 14.5 Å². The Bertz CT molecular complexity index is 947. The molecule has 0 fully saturated rings. The first-order valence-corrected chi connectivity index (χ1v) is 7.59. The Balaban J connectivity index is 1.98. The van der Waals surface area contributed by atoms with Crippen LogP contribution in [-0.4, -0.2) is 61.3 Å². The van der Waals surface area contributed by atoms with E-state index in [4.69, 9.17) is 4.74 Å². The van der Waals surface area contributed by atoms with E-state index in [1.165, 1.54) is 17.6 Å². The third kappa shape index (κ3) is 3.43. The Morgan fingerprint density at radius 2 is 2.19 bits per heavy atom. The Kier molecular flexibility index (Phi) is 4.47. The lowest BCUT2D eigenvalue weighted by Crippen LogP contribution is -2.18. The first-order valence-electron chi connectivity index (χ1n) is 7.59. The number of ether oxygens (including phenoxy) is 1. The normalized spacial score (nSPS) is 12.1. The smallest absolute Gasteiger partial charge is 0.303 e. The van der Waals surface area contributed by atoms with Gasteiger partial charge in [-0.05, 0) is 12.1 Å². The molecule has 0 saturated heterocycles. The van der Waals surface area contributed by atoms with Gasteiger partial charge in [-0.3, -0.25) is 14.9 Å². The number of nitrogens with zero attached hydrogens (tertiary/aromatic N) is 7. The molecule has 3 rings (SSSR count). The molecule has 0 aromatic carbocycles. The van der Waals surface area contributed by atoms with Crippen molar-refractivity contribution >= 4 is 17.4 Å². The second-order valence-electron chi connectivity index (χ2n) is 5.68. The van der Waals surface area contributed by atoms with Gasteiger partial charge in [0.25, 0.3) is 0 Å². The average Bonchev–Trinajstić information content (AvgIpc) is 3.19.